The first-order valence-electron chi connectivity index (χ1n) is 7.24. The van der Waals surface area contributed by atoms with Gasteiger partial charge in [-0.2, -0.15) is 13.2 Å². The monoisotopic (exact) mass is 332 g/mol. The summed E-state index contributed by atoms with van der Waals surface area (Å²) in [7, 11) is 0. The summed E-state index contributed by atoms with van der Waals surface area (Å²) in [6.07, 6.45) is -5.19. The smallest absolute Gasteiger partial charge is 0.394 e. The lowest BCUT2D eigenvalue weighted by Gasteiger charge is -2.38. The maximum atomic E-state index is 13.3. The van der Waals surface area contributed by atoms with E-state index in [1.807, 2.05) is 5.32 Å². The van der Waals surface area contributed by atoms with E-state index in [1.165, 1.54) is 29.2 Å². The molecule has 1 fully saturated rings. The Bertz CT molecular complexity index is 524. The van der Waals surface area contributed by atoms with Gasteiger partial charge >= 0.3 is 12.2 Å². The zero-order valence-corrected chi connectivity index (χ0v) is 12.6. The fourth-order valence-electron chi connectivity index (χ4n) is 2.42. The number of rotatable bonds is 3. The summed E-state index contributed by atoms with van der Waals surface area (Å²) in [5.41, 5.74) is -0.0343. The molecule has 1 aliphatic rings. The number of nitrogens with zero attached hydrogens (tertiary/aromatic N) is 1. The van der Waals surface area contributed by atoms with Crippen LogP contribution in [-0.2, 0) is 4.74 Å². The molecule has 128 valence electrons. The largest absolute Gasteiger partial charge is 0.412 e. The van der Waals surface area contributed by atoms with Crippen LogP contribution in [-0.4, -0.2) is 54.1 Å². The molecule has 2 N–H and O–H groups in total. The van der Waals surface area contributed by atoms with Gasteiger partial charge in [0.05, 0.1) is 31.9 Å². The minimum absolute atomic E-state index is 0.0343. The van der Waals surface area contributed by atoms with E-state index in [2.05, 4.69) is 0 Å². The summed E-state index contributed by atoms with van der Waals surface area (Å²) in [6, 6.07) is 3.93. The van der Waals surface area contributed by atoms with Gasteiger partial charge in [0, 0.05) is 0 Å². The van der Waals surface area contributed by atoms with Crippen molar-refractivity contribution >= 4 is 6.03 Å². The van der Waals surface area contributed by atoms with Crippen LogP contribution in [0.5, 0.6) is 0 Å². The van der Waals surface area contributed by atoms with Crippen LogP contribution in [0.1, 0.15) is 18.5 Å². The van der Waals surface area contributed by atoms with Gasteiger partial charge in [-0.05, 0) is 12.5 Å². The Labute approximate surface area is 132 Å². The van der Waals surface area contributed by atoms with Crippen LogP contribution in [0.2, 0.25) is 0 Å². The quantitative estimate of drug-likeness (QED) is 0.891. The van der Waals surface area contributed by atoms with Gasteiger partial charge in [0.25, 0.3) is 0 Å². The number of urea groups is 1. The molecule has 2 amide bonds. The van der Waals surface area contributed by atoms with E-state index in [1.54, 1.807) is 13.0 Å². The van der Waals surface area contributed by atoms with Crippen LogP contribution >= 0.6 is 0 Å². The number of amides is 2. The second-order valence-electron chi connectivity index (χ2n) is 5.47. The van der Waals surface area contributed by atoms with Gasteiger partial charge in [-0.3, -0.25) is 0 Å². The van der Waals surface area contributed by atoms with Gasteiger partial charge in [-0.25, -0.2) is 4.79 Å². The summed E-state index contributed by atoms with van der Waals surface area (Å²) in [4.78, 5) is 13.5. The molecule has 0 spiro atoms. The number of carbonyl (C=O) groups is 1. The molecule has 1 aromatic rings. The molecule has 1 saturated heterocycles. The van der Waals surface area contributed by atoms with Gasteiger partial charge < -0.3 is 20.1 Å². The molecule has 1 heterocycles. The lowest BCUT2D eigenvalue weighted by atomic mass is 10.1. The van der Waals surface area contributed by atoms with Crippen molar-refractivity contribution in [3.05, 3.63) is 35.9 Å². The average molecular weight is 332 g/mol. The van der Waals surface area contributed by atoms with E-state index in [9.17, 15) is 18.0 Å². The SMILES string of the molecule is C[C@@H]1CO[C@@H](CO)CN1C(=O)N[C@H](c1ccccc1)C(F)(F)F. The number of morpholine rings is 1. The van der Waals surface area contributed by atoms with Gasteiger partial charge in [0.1, 0.15) is 0 Å². The summed E-state index contributed by atoms with van der Waals surface area (Å²) < 4.78 is 45.1. The maximum Gasteiger partial charge on any atom is 0.412 e. The topological polar surface area (TPSA) is 61.8 Å². The van der Waals surface area contributed by atoms with Crippen molar-refractivity contribution in [1.29, 1.82) is 0 Å². The third-order valence-corrected chi connectivity index (χ3v) is 3.70. The van der Waals surface area contributed by atoms with E-state index in [-0.39, 0.29) is 31.4 Å². The molecule has 5 nitrogen and oxygen atoms in total. The molecule has 0 bridgehead atoms. The Hall–Kier alpha value is -1.80. The molecule has 23 heavy (non-hydrogen) atoms. The molecule has 0 radical (unpaired) electrons. The molecule has 1 aliphatic heterocycles. The van der Waals surface area contributed by atoms with Crippen molar-refractivity contribution in [2.75, 3.05) is 19.8 Å². The van der Waals surface area contributed by atoms with Crippen LogP contribution < -0.4 is 5.32 Å². The number of aliphatic hydroxyl groups excluding tert-OH is 1. The zero-order chi connectivity index (χ0) is 17.0. The molecule has 1 aromatic carbocycles. The van der Waals surface area contributed by atoms with Crippen molar-refractivity contribution in [2.45, 2.75) is 31.3 Å². The van der Waals surface area contributed by atoms with Gasteiger partial charge in [-0.15, -0.1) is 0 Å². The number of halogens is 3. The fourth-order valence-corrected chi connectivity index (χ4v) is 2.42. The summed E-state index contributed by atoms with van der Waals surface area (Å²) in [5.74, 6) is 0. The minimum atomic E-state index is -4.61. The van der Waals surface area contributed by atoms with Crippen LogP contribution in [0.15, 0.2) is 30.3 Å². The van der Waals surface area contributed by atoms with Crippen LogP contribution in [0.4, 0.5) is 18.0 Å². The highest BCUT2D eigenvalue weighted by atomic mass is 19.4. The summed E-state index contributed by atoms with van der Waals surface area (Å²) in [5, 5.41) is 11.1. The highest BCUT2D eigenvalue weighted by Gasteiger charge is 2.43. The molecule has 8 heteroatoms. The Balaban J connectivity index is 2.14. The van der Waals surface area contributed by atoms with Crippen molar-refractivity contribution in [2.24, 2.45) is 0 Å². The highest BCUT2D eigenvalue weighted by Crippen LogP contribution is 2.32. The van der Waals surface area contributed by atoms with E-state index in [4.69, 9.17) is 9.84 Å². The minimum Gasteiger partial charge on any atom is -0.394 e. The predicted octanol–water partition coefficient (Wildman–Crippen LogP) is 2.08. The molecule has 0 aliphatic carbocycles. The number of benzene rings is 1. The van der Waals surface area contributed by atoms with Crippen LogP contribution in [0, 0.1) is 0 Å². The summed E-state index contributed by atoms with van der Waals surface area (Å²) >= 11 is 0. The Morgan fingerprint density at radius 3 is 2.65 bits per heavy atom. The van der Waals surface area contributed by atoms with Crippen molar-refractivity contribution in [3.63, 3.8) is 0 Å². The number of hydrogen-bond donors (Lipinski definition) is 2. The molecular formula is C15H19F3N2O3. The van der Waals surface area contributed by atoms with Crippen LogP contribution in [0.25, 0.3) is 0 Å². The molecular weight excluding hydrogens is 313 g/mol. The maximum absolute atomic E-state index is 13.3. The van der Waals surface area contributed by atoms with Gasteiger partial charge in [0.15, 0.2) is 6.04 Å². The lowest BCUT2D eigenvalue weighted by molar-refractivity contribution is -0.156. The lowest BCUT2D eigenvalue weighted by Crippen LogP contribution is -2.56. The highest BCUT2D eigenvalue weighted by molar-refractivity contribution is 5.75. The van der Waals surface area contributed by atoms with Gasteiger partial charge in [-0.1, -0.05) is 30.3 Å². The standard InChI is InChI=1S/C15H19F3N2O3/c1-10-9-23-12(8-21)7-20(10)14(22)19-13(15(16,17)18)11-5-3-2-4-6-11/h2-6,10,12-13,21H,7-9H2,1H3,(H,19,22)/t10-,12-,13-/m1/s1. The number of ether oxygens (including phenoxy) is 1. The second-order valence-corrected chi connectivity index (χ2v) is 5.47. The van der Waals surface area contributed by atoms with Crippen LogP contribution in [0.3, 0.4) is 0 Å². The van der Waals surface area contributed by atoms with E-state index in [0.29, 0.717) is 0 Å². The first kappa shape index (κ1) is 17.6. The number of nitrogens with one attached hydrogen (secondary N) is 1. The number of carbonyl (C=O) groups excluding carboxylic acids is 1. The average Bonchev–Trinajstić information content (AvgIpc) is 2.52. The number of aliphatic hydroxyl groups is 1. The summed E-state index contributed by atoms with van der Waals surface area (Å²) in [6.45, 7) is 1.60. The van der Waals surface area contributed by atoms with E-state index < -0.39 is 24.4 Å². The molecule has 0 saturated carbocycles. The normalized spacial score (nSPS) is 23.4. The molecule has 0 aromatic heterocycles. The third-order valence-electron chi connectivity index (χ3n) is 3.70. The molecule has 2 rings (SSSR count). The Kier molecular flexibility index (Phi) is 5.48. The number of alkyl halides is 3. The Morgan fingerprint density at radius 1 is 1.43 bits per heavy atom. The molecule has 0 unspecified atom stereocenters. The van der Waals surface area contributed by atoms with E-state index >= 15 is 0 Å². The third kappa shape index (κ3) is 4.35. The number of hydrogen-bond acceptors (Lipinski definition) is 3. The molecule has 3 atom stereocenters. The van der Waals surface area contributed by atoms with Crippen molar-refractivity contribution in [1.82, 2.24) is 10.2 Å². The first-order valence-corrected chi connectivity index (χ1v) is 7.24. The first-order chi connectivity index (χ1) is 10.8. The van der Waals surface area contributed by atoms with Gasteiger partial charge in [0.2, 0.25) is 0 Å². The fraction of sp³-hybridized carbons (Fsp3) is 0.533. The van der Waals surface area contributed by atoms with Crippen molar-refractivity contribution < 1.29 is 27.8 Å². The predicted molar refractivity (Wildman–Crippen MR) is 76.8 cm³/mol. The zero-order valence-electron chi connectivity index (χ0n) is 12.6. The van der Waals surface area contributed by atoms with Crippen molar-refractivity contribution in [3.8, 4) is 0 Å². The second kappa shape index (κ2) is 7.18. The Morgan fingerprint density at radius 2 is 2.09 bits per heavy atom. The van der Waals surface area contributed by atoms with E-state index in [0.717, 1.165) is 0 Å².